The van der Waals surface area contributed by atoms with Crippen LogP contribution in [0.3, 0.4) is 0 Å². The number of pyridine rings is 1. The average Bonchev–Trinajstić information content (AvgIpc) is 3.76. The molecule has 11 rings (SSSR count). The van der Waals surface area contributed by atoms with Gasteiger partial charge in [-0.3, -0.25) is 0 Å². The molecule has 286 valence electrons. The van der Waals surface area contributed by atoms with Gasteiger partial charge in [0.25, 0.3) is 0 Å². The fourth-order valence-corrected chi connectivity index (χ4v) is 8.18. The Morgan fingerprint density at radius 2 is 0.705 bits per heavy atom. The van der Waals surface area contributed by atoms with Gasteiger partial charge in [0, 0.05) is 44.2 Å². The van der Waals surface area contributed by atoms with Gasteiger partial charge < -0.3 is 4.42 Å². The van der Waals surface area contributed by atoms with E-state index in [1.165, 1.54) is 0 Å². The van der Waals surface area contributed by atoms with Gasteiger partial charge in [-0.2, -0.15) is 0 Å². The molecule has 5 nitrogen and oxygen atoms in total. The van der Waals surface area contributed by atoms with Crippen molar-refractivity contribution in [3.63, 3.8) is 0 Å². The summed E-state index contributed by atoms with van der Waals surface area (Å²) >= 11 is 0. The SMILES string of the molecule is c1ccc(-c2cccc(-c3c(-c4cccc(-c5cccc(-c6nc(-c7ccccc7)nc(-c7ccccc7)n6)c5)c4)oc4c(-c5ccccc5)nc5ccccc5c34)c2)cc1. The number of benzene rings is 8. The first-order valence-electron chi connectivity index (χ1n) is 20.4. The Hall–Kier alpha value is -8.28. The van der Waals surface area contributed by atoms with Crippen LogP contribution in [0.15, 0.2) is 223 Å². The van der Waals surface area contributed by atoms with Gasteiger partial charge in [-0.25, -0.2) is 19.9 Å². The molecule has 3 heterocycles. The Balaban J connectivity index is 1.09. The highest BCUT2D eigenvalue weighted by atomic mass is 16.3. The number of furan rings is 1. The summed E-state index contributed by atoms with van der Waals surface area (Å²) in [6, 6.07) is 75.1. The normalized spacial score (nSPS) is 11.3. The predicted octanol–water partition coefficient (Wildman–Crippen LogP) is 14.5. The summed E-state index contributed by atoms with van der Waals surface area (Å²) in [4.78, 5) is 20.2. The Bertz CT molecular complexity index is 3290. The van der Waals surface area contributed by atoms with Gasteiger partial charge in [0.15, 0.2) is 23.1 Å². The molecule has 0 amide bonds. The van der Waals surface area contributed by atoms with E-state index < -0.39 is 0 Å². The van der Waals surface area contributed by atoms with Gasteiger partial charge in [-0.05, 0) is 52.1 Å². The third-order valence-corrected chi connectivity index (χ3v) is 11.1. The zero-order chi connectivity index (χ0) is 40.5. The largest absolute Gasteiger partial charge is 0.453 e. The van der Waals surface area contributed by atoms with E-state index in [2.05, 4.69) is 133 Å². The van der Waals surface area contributed by atoms with Crippen molar-refractivity contribution in [1.29, 1.82) is 0 Å². The summed E-state index contributed by atoms with van der Waals surface area (Å²) in [5, 5.41) is 2.08. The predicted molar refractivity (Wildman–Crippen MR) is 248 cm³/mol. The van der Waals surface area contributed by atoms with E-state index >= 15 is 0 Å². The summed E-state index contributed by atoms with van der Waals surface area (Å²) in [5.74, 6) is 2.65. The van der Waals surface area contributed by atoms with E-state index in [9.17, 15) is 0 Å². The molecule has 0 saturated heterocycles. The Morgan fingerprint density at radius 1 is 0.295 bits per heavy atom. The molecule has 5 heteroatoms. The molecule has 0 aliphatic rings. The minimum absolute atomic E-state index is 0.608. The van der Waals surface area contributed by atoms with Crippen LogP contribution < -0.4 is 0 Å². The van der Waals surface area contributed by atoms with Crippen molar-refractivity contribution in [2.24, 2.45) is 0 Å². The highest BCUT2D eigenvalue weighted by Gasteiger charge is 2.25. The molecule has 8 aromatic carbocycles. The van der Waals surface area contributed by atoms with Crippen LogP contribution in [0.1, 0.15) is 0 Å². The van der Waals surface area contributed by atoms with Crippen molar-refractivity contribution in [3.05, 3.63) is 218 Å². The Kier molecular flexibility index (Phi) is 9.10. The second-order valence-corrected chi connectivity index (χ2v) is 15.0. The van der Waals surface area contributed by atoms with E-state index in [4.69, 9.17) is 24.4 Å². The standard InChI is InChI=1S/C56H36N4O/c1-5-18-37(19-6-1)41-26-15-29-44(34-41)49-50-47-32-13-14-33-48(47)57-51(38-20-7-2-8-21-38)53(50)61-52(49)45-30-16-27-42(35-45)43-28-17-31-46(36-43)56-59-54(39-22-9-3-10-23-39)58-55(60-56)40-24-11-4-12-25-40/h1-36H. The molecule has 61 heavy (non-hydrogen) atoms. The van der Waals surface area contributed by atoms with Crippen molar-refractivity contribution in [3.8, 4) is 90.1 Å². The quantitative estimate of drug-likeness (QED) is 0.154. The summed E-state index contributed by atoms with van der Waals surface area (Å²) in [6.07, 6.45) is 0. The van der Waals surface area contributed by atoms with E-state index in [1.54, 1.807) is 0 Å². The second kappa shape index (κ2) is 15.5. The zero-order valence-electron chi connectivity index (χ0n) is 33.0. The third-order valence-electron chi connectivity index (χ3n) is 11.1. The molecule has 0 saturated carbocycles. The third kappa shape index (κ3) is 6.84. The summed E-state index contributed by atoms with van der Waals surface area (Å²) < 4.78 is 7.18. The molecule has 0 atom stereocenters. The first-order chi connectivity index (χ1) is 30.2. The first kappa shape index (κ1) is 35.8. The molecule has 3 aromatic heterocycles. The lowest BCUT2D eigenvalue weighted by molar-refractivity contribution is 0.632. The minimum Gasteiger partial charge on any atom is -0.453 e. The number of nitrogens with zero attached hydrogens (tertiary/aromatic N) is 4. The maximum Gasteiger partial charge on any atom is 0.164 e. The van der Waals surface area contributed by atoms with E-state index in [0.717, 1.165) is 94.5 Å². The summed E-state index contributed by atoms with van der Waals surface area (Å²) in [5.41, 5.74) is 13.6. The molecule has 11 aromatic rings. The van der Waals surface area contributed by atoms with Crippen LogP contribution >= 0.6 is 0 Å². The van der Waals surface area contributed by atoms with Crippen LogP contribution in [0.2, 0.25) is 0 Å². The topological polar surface area (TPSA) is 64.7 Å². The molecule has 0 aliphatic heterocycles. The molecular formula is C56H36N4O. The van der Waals surface area contributed by atoms with Crippen LogP contribution in [0.5, 0.6) is 0 Å². The molecule has 0 unspecified atom stereocenters. The Morgan fingerprint density at radius 3 is 1.31 bits per heavy atom. The number of para-hydroxylation sites is 1. The first-order valence-corrected chi connectivity index (χ1v) is 20.4. The van der Waals surface area contributed by atoms with Crippen molar-refractivity contribution in [1.82, 2.24) is 19.9 Å². The second-order valence-electron chi connectivity index (χ2n) is 15.0. The lowest BCUT2D eigenvalue weighted by Crippen LogP contribution is -2.00. The van der Waals surface area contributed by atoms with Crippen LogP contribution in [0.25, 0.3) is 112 Å². The minimum atomic E-state index is 0.608. The van der Waals surface area contributed by atoms with Crippen LogP contribution in [-0.2, 0) is 0 Å². The maximum atomic E-state index is 7.18. The van der Waals surface area contributed by atoms with E-state index in [0.29, 0.717) is 17.5 Å². The smallest absolute Gasteiger partial charge is 0.164 e. The van der Waals surface area contributed by atoms with Gasteiger partial charge in [0.05, 0.1) is 5.52 Å². The average molecular weight is 781 g/mol. The number of aromatic nitrogens is 4. The monoisotopic (exact) mass is 780 g/mol. The van der Waals surface area contributed by atoms with Gasteiger partial charge in [-0.1, -0.05) is 194 Å². The fraction of sp³-hybridized carbons (Fsp3) is 0. The summed E-state index contributed by atoms with van der Waals surface area (Å²) in [6.45, 7) is 0. The lowest BCUT2D eigenvalue weighted by atomic mass is 9.92. The van der Waals surface area contributed by atoms with Crippen LogP contribution in [0.4, 0.5) is 0 Å². The van der Waals surface area contributed by atoms with Crippen molar-refractivity contribution >= 4 is 21.9 Å². The molecule has 0 aliphatic carbocycles. The number of hydrogen-bond donors (Lipinski definition) is 0. The molecular weight excluding hydrogens is 745 g/mol. The van der Waals surface area contributed by atoms with Gasteiger partial charge >= 0.3 is 0 Å². The Labute approximate surface area is 353 Å². The molecule has 0 fully saturated rings. The van der Waals surface area contributed by atoms with Crippen LogP contribution in [-0.4, -0.2) is 19.9 Å². The van der Waals surface area contributed by atoms with Gasteiger partial charge in [-0.15, -0.1) is 0 Å². The molecule has 0 radical (unpaired) electrons. The lowest BCUT2D eigenvalue weighted by Gasteiger charge is -2.11. The molecule has 0 bridgehead atoms. The number of fused-ring (bicyclic) bond motifs is 3. The summed E-state index contributed by atoms with van der Waals surface area (Å²) in [7, 11) is 0. The highest BCUT2D eigenvalue weighted by Crippen LogP contribution is 2.47. The van der Waals surface area contributed by atoms with E-state index in [-0.39, 0.29) is 0 Å². The van der Waals surface area contributed by atoms with Gasteiger partial charge in [0.1, 0.15) is 11.5 Å². The van der Waals surface area contributed by atoms with Crippen molar-refractivity contribution < 1.29 is 4.42 Å². The van der Waals surface area contributed by atoms with Crippen LogP contribution in [0, 0.1) is 0 Å². The maximum absolute atomic E-state index is 7.18. The number of hydrogen-bond acceptors (Lipinski definition) is 5. The van der Waals surface area contributed by atoms with Gasteiger partial charge in [0.2, 0.25) is 0 Å². The number of rotatable bonds is 8. The van der Waals surface area contributed by atoms with Crippen molar-refractivity contribution in [2.75, 3.05) is 0 Å². The van der Waals surface area contributed by atoms with Crippen molar-refractivity contribution in [2.45, 2.75) is 0 Å². The fourth-order valence-electron chi connectivity index (χ4n) is 8.18. The highest BCUT2D eigenvalue weighted by molar-refractivity contribution is 6.18. The van der Waals surface area contributed by atoms with E-state index in [1.807, 2.05) is 84.9 Å². The molecule has 0 spiro atoms. The zero-order valence-corrected chi connectivity index (χ0v) is 33.0. The molecule has 0 N–H and O–H groups in total.